The van der Waals surface area contributed by atoms with Gasteiger partial charge in [0.2, 0.25) is 5.88 Å². The number of aromatic nitrogens is 2. The van der Waals surface area contributed by atoms with Crippen molar-refractivity contribution in [2.75, 3.05) is 13.1 Å². The van der Waals surface area contributed by atoms with Crippen molar-refractivity contribution in [2.24, 2.45) is 0 Å². The van der Waals surface area contributed by atoms with Crippen LogP contribution < -0.4 is 10.1 Å². The van der Waals surface area contributed by atoms with E-state index in [2.05, 4.69) is 15.3 Å². The number of hydrogen-bond donors (Lipinski definition) is 1. The van der Waals surface area contributed by atoms with E-state index in [0.29, 0.717) is 19.0 Å². The second-order valence-electron chi connectivity index (χ2n) is 4.95. The van der Waals surface area contributed by atoms with E-state index in [1.54, 1.807) is 18.6 Å². The van der Waals surface area contributed by atoms with Crippen LogP contribution in [0.25, 0.3) is 0 Å². The van der Waals surface area contributed by atoms with Crippen molar-refractivity contribution in [2.45, 2.75) is 38.8 Å². The third kappa shape index (κ3) is 4.08. The summed E-state index contributed by atoms with van der Waals surface area (Å²) in [5.41, 5.74) is 0. The molecular weight excluding hydrogens is 244 g/mol. The number of urea groups is 1. The number of nitrogens with one attached hydrogen (secondary N) is 1. The molecule has 0 unspecified atom stereocenters. The zero-order valence-electron chi connectivity index (χ0n) is 11.4. The fraction of sp³-hybridized carbons (Fsp3) is 0.615. The zero-order valence-corrected chi connectivity index (χ0v) is 11.4. The number of amides is 2. The highest BCUT2D eigenvalue weighted by molar-refractivity contribution is 5.74. The molecule has 0 atom stereocenters. The van der Waals surface area contributed by atoms with Crippen molar-refractivity contribution >= 4 is 6.03 Å². The van der Waals surface area contributed by atoms with Gasteiger partial charge in [0.15, 0.2) is 0 Å². The van der Waals surface area contributed by atoms with Gasteiger partial charge >= 0.3 is 6.03 Å². The Bertz CT molecular complexity index is 402. The third-order valence-corrected chi connectivity index (χ3v) is 2.97. The molecule has 1 aromatic heterocycles. The van der Waals surface area contributed by atoms with Gasteiger partial charge in [-0.15, -0.1) is 0 Å². The highest BCUT2D eigenvalue weighted by Crippen LogP contribution is 2.16. The second-order valence-corrected chi connectivity index (χ2v) is 4.95. The van der Waals surface area contributed by atoms with Crippen LogP contribution in [0.2, 0.25) is 0 Å². The zero-order chi connectivity index (χ0) is 13.7. The van der Waals surface area contributed by atoms with Gasteiger partial charge in [0, 0.05) is 44.4 Å². The lowest BCUT2D eigenvalue weighted by atomic mass is 10.1. The van der Waals surface area contributed by atoms with Gasteiger partial charge < -0.3 is 15.0 Å². The molecule has 1 saturated heterocycles. The maximum atomic E-state index is 11.8. The molecular formula is C13H20N4O2. The average molecular weight is 264 g/mol. The first kappa shape index (κ1) is 13.6. The second kappa shape index (κ2) is 6.36. The number of hydrogen-bond acceptors (Lipinski definition) is 4. The molecule has 104 valence electrons. The highest BCUT2D eigenvalue weighted by atomic mass is 16.5. The van der Waals surface area contributed by atoms with Crippen LogP contribution in [0.5, 0.6) is 5.88 Å². The smallest absolute Gasteiger partial charge is 0.317 e. The summed E-state index contributed by atoms with van der Waals surface area (Å²) in [5, 5.41) is 2.90. The van der Waals surface area contributed by atoms with E-state index in [1.165, 1.54) is 0 Å². The molecule has 2 rings (SSSR count). The van der Waals surface area contributed by atoms with Gasteiger partial charge in [0.05, 0.1) is 6.20 Å². The fourth-order valence-electron chi connectivity index (χ4n) is 2.03. The molecule has 0 saturated carbocycles. The number of carbonyl (C=O) groups excluding carboxylic acids is 1. The van der Waals surface area contributed by atoms with Crippen LogP contribution in [0.3, 0.4) is 0 Å². The highest BCUT2D eigenvalue weighted by Gasteiger charge is 2.24. The molecule has 1 N–H and O–H groups in total. The molecule has 1 aliphatic rings. The summed E-state index contributed by atoms with van der Waals surface area (Å²) in [7, 11) is 0. The Morgan fingerprint density at radius 2 is 2.16 bits per heavy atom. The predicted octanol–water partition coefficient (Wildman–Crippen LogP) is 1.44. The standard InChI is InChI=1S/C13H20N4O2/c1-10(2)16-13(18)17-7-3-11(4-8-17)19-12-9-14-5-6-15-12/h5-6,9-11H,3-4,7-8H2,1-2H3,(H,16,18). The van der Waals surface area contributed by atoms with Crippen LogP contribution >= 0.6 is 0 Å². The van der Waals surface area contributed by atoms with Crippen LogP contribution in [-0.4, -0.2) is 46.1 Å². The Morgan fingerprint density at radius 3 is 2.74 bits per heavy atom. The number of carbonyl (C=O) groups is 1. The number of ether oxygens (including phenoxy) is 1. The van der Waals surface area contributed by atoms with E-state index < -0.39 is 0 Å². The topological polar surface area (TPSA) is 67.4 Å². The molecule has 0 aliphatic carbocycles. The lowest BCUT2D eigenvalue weighted by molar-refractivity contribution is 0.106. The van der Waals surface area contributed by atoms with Gasteiger partial charge in [-0.2, -0.15) is 0 Å². The maximum Gasteiger partial charge on any atom is 0.317 e. The molecule has 0 bridgehead atoms. The van der Waals surface area contributed by atoms with Crippen LogP contribution in [0.4, 0.5) is 4.79 Å². The Morgan fingerprint density at radius 1 is 1.42 bits per heavy atom. The molecule has 0 aromatic carbocycles. The largest absolute Gasteiger partial charge is 0.473 e. The predicted molar refractivity (Wildman–Crippen MR) is 70.9 cm³/mol. The minimum atomic E-state index is 0.00736. The first-order valence-electron chi connectivity index (χ1n) is 6.63. The fourth-order valence-corrected chi connectivity index (χ4v) is 2.03. The van der Waals surface area contributed by atoms with Crippen LogP contribution in [-0.2, 0) is 0 Å². The number of rotatable bonds is 3. The van der Waals surface area contributed by atoms with Crippen molar-refractivity contribution in [3.63, 3.8) is 0 Å². The van der Waals surface area contributed by atoms with E-state index in [1.807, 2.05) is 18.7 Å². The molecule has 0 spiro atoms. The quantitative estimate of drug-likeness (QED) is 0.897. The van der Waals surface area contributed by atoms with Crippen molar-refractivity contribution in [3.8, 4) is 5.88 Å². The van der Waals surface area contributed by atoms with E-state index in [4.69, 9.17) is 4.74 Å². The van der Waals surface area contributed by atoms with E-state index in [0.717, 1.165) is 12.8 Å². The van der Waals surface area contributed by atoms with Gasteiger partial charge in [-0.05, 0) is 13.8 Å². The molecule has 2 amide bonds. The Labute approximate surface area is 113 Å². The van der Waals surface area contributed by atoms with Gasteiger partial charge in [-0.25, -0.2) is 9.78 Å². The van der Waals surface area contributed by atoms with E-state index >= 15 is 0 Å². The summed E-state index contributed by atoms with van der Waals surface area (Å²) in [4.78, 5) is 21.7. The van der Waals surface area contributed by atoms with Crippen LogP contribution in [0.1, 0.15) is 26.7 Å². The first-order valence-corrected chi connectivity index (χ1v) is 6.63. The average Bonchev–Trinajstić information content (AvgIpc) is 2.40. The third-order valence-electron chi connectivity index (χ3n) is 2.97. The number of likely N-dealkylation sites (tertiary alicyclic amines) is 1. The van der Waals surface area contributed by atoms with Crippen molar-refractivity contribution in [3.05, 3.63) is 18.6 Å². The molecule has 19 heavy (non-hydrogen) atoms. The summed E-state index contributed by atoms with van der Waals surface area (Å²) in [6, 6.07) is 0.175. The van der Waals surface area contributed by atoms with E-state index in [-0.39, 0.29) is 18.2 Å². The van der Waals surface area contributed by atoms with Gasteiger partial charge in [-0.3, -0.25) is 4.98 Å². The summed E-state index contributed by atoms with van der Waals surface area (Å²) in [5.74, 6) is 0.549. The summed E-state index contributed by atoms with van der Waals surface area (Å²) in [6.45, 7) is 5.34. The Kier molecular flexibility index (Phi) is 4.54. The molecule has 1 fully saturated rings. The molecule has 6 nitrogen and oxygen atoms in total. The van der Waals surface area contributed by atoms with Crippen molar-refractivity contribution < 1.29 is 9.53 Å². The number of piperidine rings is 1. The Hall–Kier alpha value is -1.85. The van der Waals surface area contributed by atoms with Gasteiger partial charge in [0.1, 0.15) is 6.10 Å². The summed E-state index contributed by atoms with van der Waals surface area (Å²) < 4.78 is 5.73. The molecule has 1 aliphatic heterocycles. The van der Waals surface area contributed by atoms with E-state index in [9.17, 15) is 4.79 Å². The first-order chi connectivity index (χ1) is 9.15. The normalized spacial score (nSPS) is 16.5. The monoisotopic (exact) mass is 264 g/mol. The maximum absolute atomic E-state index is 11.8. The lowest BCUT2D eigenvalue weighted by Gasteiger charge is -2.32. The van der Waals surface area contributed by atoms with Crippen LogP contribution in [0, 0.1) is 0 Å². The molecule has 2 heterocycles. The van der Waals surface area contributed by atoms with Gasteiger partial charge in [0.25, 0.3) is 0 Å². The number of nitrogens with zero attached hydrogens (tertiary/aromatic N) is 3. The van der Waals surface area contributed by atoms with Crippen molar-refractivity contribution in [1.29, 1.82) is 0 Å². The van der Waals surface area contributed by atoms with Gasteiger partial charge in [-0.1, -0.05) is 0 Å². The summed E-state index contributed by atoms with van der Waals surface area (Å²) in [6.07, 6.45) is 6.59. The molecule has 0 radical (unpaired) electrons. The molecule has 1 aromatic rings. The minimum Gasteiger partial charge on any atom is -0.473 e. The Balaban J connectivity index is 1.78. The molecule has 6 heteroatoms. The lowest BCUT2D eigenvalue weighted by Crippen LogP contribution is -2.48. The minimum absolute atomic E-state index is 0.00736. The van der Waals surface area contributed by atoms with Crippen molar-refractivity contribution in [1.82, 2.24) is 20.2 Å². The SMILES string of the molecule is CC(C)NC(=O)N1CCC(Oc2cnccn2)CC1. The van der Waals surface area contributed by atoms with Crippen LogP contribution in [0.15, 0.2) is 18.6 Å². The summed E-state index contributed by atoms with van der Waals surface area (Å²) >= 11 is 0.